The highest BCUT2D eigenvalue weighted by Crippen LogP contribution is 2.20. The molecule has 0 aliphatic carbocycles. The molecule has 0 saturated carbocycles. The molecule has 0 amide bonds. The van der Waals surface area contributed by atoms with Crippen LogP contribution in [-0.4, -0.2) is 0 Å². The van der Waals surface area contributed by atoms with Crippen LogP contribution in [0.1, 0.15) is 41.5 Å². The first-order chi connectivity index (χ1) is 6.79. The molecule has 0 aromatic heterocycles. The molecule has 0 rings (SSSR count). The van der Waals surface area contributed by atoms with Gasteiger partial charge in [-0.3, -0.25) is 0 Å². The topological polar surface area (TPSA) is 26.0 Å². The summed E-state index contributed by atoms with van der Waals surface area (Å²) in [6, 6.07) is 0. The predicted octanol–water partition coefficient (Wildman–Crippen LogP) is 4.03. The molecule has 0 spiro atoms. The van der Waals surface area contributed by atoms with Crippen molar-refractivity contribution < 1.29 is 0 Å². The lowest BCUT2D eigenvalue weighted by Crippen LogP contribution is -2.16. The van der Waals surface area contributed by atoms with Gasteiger partial charge >= 0.3 is 0 Å². The molecular formula is C14H25N. The SMILES string of the molecule is C\C=C(/C=C\C=C(/N)C(C)(C)C)C(C)C. The van der Waals surface area contributed by atoms with Gasteiger partial charge in [-0.1, -0.05) is 52.8 Å². The summed E-state index contributed by atoms with van der Waals surface area (Å²) in [4.78, 5) is 0. The van der Waals surface area contributed by atoms with Crippen LogP contribution in [0.25, 0.3) is 0 Å². The van der Waals surface area contributed by atoms with E-state index in [2.05, 4.69) is 53.7 Å². The van der Waals surface area contributed by atoms with Crippen LogP contribution in [0.5, 0.6) is 0 Å². The lowest BCUT2D eigenvalue weighted by molar-refractivity contribution is 0.497. The van der Waals surface area contributed by atoms with Gasteiger partial charge in [0.15, 0.2) is 0 Å². The summed E-state index contributed by atoms with van der Waals surface area (Å²) in [5.41, 5.74) is 8.25. The van der Waals surface area contributed by atoms with Crippen LogP contribution in [-0.2, 0) is 0 Å². The molecule has 0 aliphatic rings. The van der Waals surface area contributed by atoms with E-state index in [0.717, 1.165) is 5.70 Å². The van der Waals surface area contributed by atoms with Crippen molar-refractivity contribution in [2.45, 2.75) is 41.5 Å². The molecule has 1 heteroatoms. The quantitative estimate of drug-likeness (QED) is 0.695. The Bertz CT molecular complexity index is 272. The normalized spacial score (nSPS) is 15.4. The molecule has 0 heterocycles. The van der Waals surface area contributed by atoms with Gasteiger partial charge in [0.25, 0.3) is 0 Å². The van der Waals surface area contributed by atoms with Crippen LogP contribution in [0.15, 0.2) is 35.6 Å². The van der Waals surface area contributed by atoms with Crippen LogP contribution in [0, 0.1) is 11.3 Å². The Morgan fingerprint density at radius 2 is 1.73 bits per heavy atom. The lowest BCUT2D eigenvalue weighted by atomic mass is 9.92. The smallest absolute Gasteiger partial charge is 0.0135 e. The van der Waals surface area contributed by atoms with E-state index in [0.29, 0.717) is 5.92 Å². The summed E-state index contributed by atoms with van der Waals surface area (Å²) in [7, 11) is 0. The lowest BCUT2D eigenvalue weighted by Gasteiger charge is -2.18. The van der Waals surface area contributed by atoms with Gasteiger partial charge in [-0.15, -0.1) is 0 Å². The fourth-order valence-electron chi connectivity index (χ4n) is 1.13. The molecule has 0 fully saturated rings. The monoisotopic (exact) mass is 207 g/mol. The van der Waals surface area contributed by atoms with Gasteiger partial charge < -0.3 is 5.73 Å². The molecular weight excluding hydrogens is 182 g/mol. The summed E-state index contributed by atoms with van der Waals surface area (Å²) >= 11 is 0. The minimum Gasteiger partial charge on any atom is -0.402 e. The molecule has 0 bridgehead atoms. The number of nitrogens with two attached hydrogens (primary N) is 1. The van der Waals surface area contributed by atoms with Crippen molar-refractivity contribution in [3.8, 4) is 0 Å². The third-order valence-electron chi connectivity index (χ3n) is 2.43. The molecule has 0 aliphatic heterocycles. The van der Waals surface area contributed by atoms with Gasteiger partial charge in [-0.2, -0.15) is 0 Å². The molecule has 86 valence electrons. The van der Waals surface area contributed by atoms with E-state index >= 15 is 0 Å². The summed E-state index contributed by atoms with van der Waals surface area (Å²) in [6.07, 6.45) is 8.30. The second-order valence-electron chi connectivity index (χ2n) is 5.17. The zero-order chi connectivity index (χ0) is 12.1. The first-order valence-corrected chi connectivity index (χ1v) is 5.59. The zero-order valence-electron chi connectivity index (χ0n) is 11.0. The molecule has 0 unspecified atom stereocenters. The zero-order valence-corrected chi connectivity index (χ0v) is 11.0. The van der Waals surface area contributed by atoms with Crippen molar-refractivity contribution in [1.29, 1.82) is 0 Å². The van der Waals surface area contributed by atoms with Gasteiger partial charge in [-0.25, -0.2) is 0 Å². The average molecular weight is 207 g/mol. The van der Waals surface area contributed by atoms with Crippen LogP contribution in [0.3, 0.4) is 0 Å². The van der Waals surface area contributed by atoms with Gasteiger partial charge in [0, 0.05) is 11.1 Å². The van der Waals surface area contributed by atoms with Gasteiger partial charge in [0.2, 0.25) is 0 Å². The van der Waals surface area contributed by atoms with Crippen molar-refractivity contribution in [2.24, 2.45) is 17.1 Å². The van der Waals surface area contributed by atoms with Gasteiger partial charge in [0.1, 0.15) is 0 Å². The first-order valence-electron chi connectivity index (χ1n) is 5.59. The van der Waals surface area contributed by atoms with E-state index in [9.17, 15) is 0 Å². The van der Waals surface area contributed by atoms with E-state index in [-0.39, 0.29) is 5.41 Å². The molecule has 1 nitrogen and oxygen atoms in total. The van der Waals surface area contributed by atoms with E-state index in [1.54, 1.807) is 0 Å². The second kappa shape index (κ2) is 5.79. The molecule has 0 atom stereocenters. The van der Waals surface area contributed by atoms with Gasteiger partial charge in [-0.05, 0) is 24.5 Å². The molecule has 0 saturated heterocycles. The van der Waals surface area contributed by atoms with Crippen molar-refractivity contribution in [2.75, 3.05) is 0 Å². The Hall–Kier alpha value is -0.980. The van der Waals surface area contributed by atoms with E-state index in [4.69, 9.17) is 5.73 Å². The third-order valence-corrected chi connectivity index (χ3v) is 2.43. The number of rotatable bonds is 3. The van der Waals surface area contributed by atoms with Crippen molar-refractivity contribution in [3.63, 3.8) is 0 Å². The summed E-state index contributed by atoms with van der Waals surface area (Å²) in [5, 5.41) is 0. The first kappa shape index (κ1) is 14.0. The molecule has 0 radical (unpaired) electrons. The number of hydrogen-bond donors (Lipinski definition) is 1. The summed E-state index contributed by atoms with van der Waals surface area (Å²) < 4.78 is 0. The Morgan fingerprint density at radius 3 is 2.07 bits per heavy atom. The largest absolute Gasteiger partial charge is 0.402 e. The minimum atomic E-state index is 0.0538. The Kier molecular flexibility index (Phi) is 5.41. The maximum atomic E-state index is 5.94. The highest BCUT2D eigenvalue weighted by Gasteiger charge is 2.12. The highest BCUT2D eigenvalue weighted by molar-refractivity contribution is 5.25. The Balaban J connectivity index is 4.57. The third kappa shape index (κ3) is 5.46. The standard InChI is InChI=1S/C14H25N/c1-7-12(11(2)3)9-8-10-13(15)14(4,5)6/h7-11H,15H2,1-6H3/b9-8-,12-7+,13-10-. The van der Waals surface area contributed by atoms with Crippen LogP contribution >= 0.6 is 0 Å². The van der Waals surface area contributed by atoms with Crippen LogP contribution < -0.4 is 5.73 Å². The summed E-state index contributed by atoms with van der Waals surface area (Å²) in [5.74, 6) is 0.565. The molecule has 2 N–H and O–H groups in total. The van der Waals surface area contributed by atoms with E-state index in [1.807, 2.05) is 12.2 Å². The maximum Gasteiger partial charge on any atom is 0.0135 e. The number of hydrogen-bond acceptors (Lipinski definition) is 1. The van der Waals surface area contributed by atoms with Crippen molar-refractivity contribution in [3.05, 3.63) is 35.6 Å². The van der Waals surface area contributed by atoms with E-state index < -0.39 is 0 Å². The molecule has 0 aromatic carbocycles. The fraction of sp³-hybridized carbons (Fsp3) is 0.571. The average Bonchev–Trinajstić information content (AvgIpc) is 2.09. The summed E-state index contributed by atoms with van der Waals surface area (Å²) in [6.45, 7) is 12.8. The molecule has 0 aromatic rings. The minimum absolute atomic E-state index is 0.0538. The van der Waals surface area contributed by atoms with Crippen LogP contribution in [0.4, 0.5) is 0 Å². The van der Waals surface area contributed by atoms with Crippen LogP contribution in [0.2, 0.25) is 0 Å². The predicted molar refractivity (Wildman–Crippen MR) is 69.5 cm³/mol. The number of allylic oxidation sites excluding steroid dienone is 6. The van der Waals surface area contributed by atoms with Crippen molar-refractivity contribution in [1.82, 2.24) is 0 Å². The highest BCUT2D eigenvalue weighted by atomic mass is 14.6. The van der Waals surface area contributed by atoms with E-state index in [1.165, 1.54) is 5.57 Å². The van der Waals surface area contributed by atoms with Gasteiger partial charge in [0.05, 0.1) is 0 Å². The fourth-order valence-corrected chi connectivity index (χ4v) is 1.13. The molecule has 15 heavy (non-hydrogen) atoms. The maximum absolute atomic E-state index is 5.94. The Labute approximate surface area is 94.8 Å². The van der Waals surface area contributed by atoms with Crippen molar-refractivity contribution >= 4 is 0 Å². The second-order valence-corrected chi connectivity index (χ2v) is 5.17. The Morgan fingerprint density at radius 1 is 1.20 bits per heavy atom.